The van der Waals surface area contributed by atoms with Crippen molar-refractivity contribution >= 4 is 0 Å². The van der Waals surface area contributed by atoms with Gasteiger partial charge in [-0.1, -0.05) is 40.0 Å². The number of aromatic amines is 1. The maximum absolute atomic E-state index is 3.69. The summed E-state index contributed by atoms with van der Waals surface area (Å²) in [5.41, 5.74) is 3.05. The lowest BCUT2D eigenvalue weighted by atomic mass is 10.1. The summed E-state index contributed by atoms with van der Waals surface area (Å²) in [4.78, 5) is 3.69. The van der Waals surface area contributed by atoms with Crippen molar-refractivity contribution in [3.8, 4) is 0 Å². The lowest BCUT2D eigenvalue weighted by molar-refractivity contribution is -0.685. The minimum atomic E-state index is 0. The van der Waals surface area contributed by atoms with E-state index in [2.05, 4.69) is 37.4 Å². The summed E-state index contributed by atoms with van der Waals surface area (Å²) in [7, 11) is 2.24. The van der Waals surface area contributed by atoms with Gasteiger partial charge in [0.05, 0.1) is 7.05 Å². The Morgan fingerprint density at radius 2 is 1.37 bits per heavy atom. The van der Waals surface area contributed by atoms with Gasteiger partial charge in [0.15, 0.2) is 0 Å². The molecule has 0 aliphatic heterocycles. The number of unbranched alkanes of at least 4 members (excludes halogenated alkanes) is 3. The summed E-state index contributed by atoms with van der Waals surface area (Å²) in [6, 6.07) is 0. The van der Waals surface area contributed by atoms with Gasteiger partial charge in [0, 0.05) is 19.3 Å². The number of H-pyrrole nitrogens is 1. The third-order valence-electron chi connectivity index (χ3n) is 3.77. The van der Waals surface area contributed by atoms with Crippen LogP contribution in [-0.2, 0) is 26.3 Å². The topological polar surface area (TPSA) is 19.7 Å². The number of nitrogens with zero attached hydrogens (tertiary/aromatic N) is 1. The molecule has 19 heavy (non-hydrogen) atoms. The highest BCUT2D eigenvalue weighted by Crippen LogP contribution is 2.12. The van der Waals surface area contributed by atoms with Crippen LogP contribution in [0.4, 0.5) is 0 Å². The van der Waals surface area contributed by atoms with Crippen molar-refractivity contribution in [2.45, 2.75) is 78.6 Å². The Morgan fingerprint density at radius 1 is 0.842 bits per heavy atom. The molecule has 1 heterocycles. The first kappa shape index (κ1) is 18.7. The van der Waals surface area contributed by atoms with Crippen LogP contribution in [0.1, 0.15) is 76.5 Å². The number of aryl methyl sites for hydroxylation is 2. The highest BCUT2D eigenvalue weighted by molar-refractivity contribution is 5.09. The fourth-order valence-electron chi connectivity index (χ4n) is 2.49. The molecule has 0 radical (unpaired) electrons. The first-order chi connectivity index (χ1) is 8.74. The van der Waals surface area contributed by atoms with Crippen molar-refractivity contribution in [1.29, 1.82) is 0 Å². The van der Waals surface area contributed by atoms with E-state index in [9.17, 15) is 0 Å². The molecule has 0 aliphatic rings. The largest absolute Gasteiger partial charge is 1.00 e. The molecule has 0 bridgehead atoms. The van der Waals surface area contributed by atoms with Crippen LogP contribution in [0.15, 0.2) is 0 Å². The van der Waals surface area contributed by atoms with Gasteiger partial charge in [-0.05, 0) is 19.3 Å². The number of rotatable bonds is 9. The first-order valence-electron chi connectivity index (χ1n) is 7.83. The molecule has 2 nitrogen and oxygen atoms in total. The van der Waals surface area contributed by atoms with Crippen LogP contribution >= 0.6 is 0 Å². The standard InChI is InChI=1S/C16H30N2.BrH/c1-5-8-11-14-15(12-9-6-2)18(4)16(17-14)13-10-7-3;/h5-13H2,1-4H3;1H. The second-order valence-corrected chi connectivity index (χ2v) is 5.37. The molecule has 0 amide bonds. The van der Waals surface area contributed by atoms with Crippen LogP contribution in [0.2, 0.25) is 0 Å². The third kappa shape index (κ3) is 5.68. The predicted octanol–water partition coefficient (Wildman–Crippen LogP) is 0.871. The Bertz CT molecular complexity index is 345. The average molecular weight is 331 g/mol. The lowest BCUT2D eigenvalue weighted by Gasteiger charge is -2.00. The monoisotopic (exact) mass is 330 g/mol. The van der Waals surface area contributed by atoms with E-state index in [0.717, 1.165) is 0 Å². The van der Waals surface area contributed by atoms with Gasteiger partial charge in [-0.3, -0.25) is 0 Å². The first-order valence-corrected chi connectivity index (χ1v) is 7.83. The van der Waals surface area contributed by atoms with Crippen LogP contribution < -0.4 is 21.5 Å². The van der Waals surface area contributed by atoms with Gasteiger partial charge in [0.25, 0.3) is 5.82 Å². The van der Waals surface area contributed by atoms with Crippen molar-refractivity contribution < 1.29 is 21.5 Å². The van der Waals surface area contributed by atoms with Crippen molar-refractivity contribution in [3.05, 3.63) is 17.2 Å². The molecular formula is C16H31BrN2. The maximum atomic E-state index is 3.69. The van der Waals surface area contributed by atoms with Gasteiger partial charge in [-0.2, -0.15) is 0 Å². The van der Waals surface area contributed by atoms with Crippen LogP contribution in [-0.4, -0.2) is 4.98 Å². The molecule has 1 rings (SSSR count). The molecule has 1 aromatic heterocycles. The molecule has 3 heteroatoms. The highest BCUT2D eigenvalue weighted by Gasteiger charge is 2.20. The Balaban J connectivity index is 0.00000324. The Morgan fingerprint density at radius 3 is 1.95 bits per heavy atom. The van der Waals surface area contributed by atoms with Crippen LogP contribution in [0.3, 0.4) is 0 Å². The van der Waals surface area contributed by atoms with E-state index in [1.165, 1.54) is 69.3 Å². The summed E-state index contributed by atoms with van der Waals surface area (Å²) in [6.45, 7) is 6.81. The Kier molecular flexibility index (Phi) is 10.3. The van der Waals surface area contributed by atoms with Crippen LogP contribution in [0.25, 0.3) is 0 Å². The quantitative estimate of drug-likeness (QED) is 0.648. The van der Waals surface area contributed by atoms with Gasteiger partial charge < -0.3 is 17.0 Å². The second kappa shape index (κ2) is 10.5. The number of imidazole rings is 1. The van der Waals surface area contributed by atoms with E-state index in [1.54, 1.807) is 5.69 Å². The van der Waals surface area contributed by atoms with E-state index in [-0.39, 0.29) is 17.0 Å². The second-order valence-electron chi connectivity index (χ2n) is 5.37. The molecule has 0 atom stereocenters. The van der Waals surface area contributed by atoms with E-state index in [4.69, 9.17) is 0 Å². The normalized spacial score (nSPS) is 10.5. The number of hydrogen-bond acceptors (Lipinski definition) is 0. The number of hydrogen-bond donors (Lipinski definition) is 1. The van der Waals surface area contributed by atoms with Gasteiger partial charge in [-0.25, -0.2) is 9.55 Å². The molecule has 0 fully saturated rings. The zero-order valence-corrected chi connectivity index (χ0v) is 14.8. The molecular weight excluding hydrogens is 300 g/mol. The van der Waals surface area contributed by atoms with E-state index >= 15 is 0 Å². The molecule has 0 saturated carbocycles. The summed E-state index contributed by atoms with van der Waals surface area (Å²) in [5.74, 6) is 1.43. The van der Waals surface area contributed by atoms with Crippen molar-refractivity contribution in [2.75, 3.05) is 0 Å². The smallest absolute Gasteiger partial charge is 0.254 e. The molecule has 1 aromatic rings. The fraction of sp³-hybridized carbons (Fsp3) is 0.812. The SMILES string of the molecule is CCCCc1[nH]c(CCCC)[n+](C)c1CCCC.[Br-]. The third-order valence-corrected chi connectivity index (χ3v) is 3.77. The van der Waals surface area contributed by atoms with Crippen molar-refractivity contribution in [2.24, 2.45) is 7.05 Å². The van der Waals surface area contributed by atoms with Crippen LogP contribution in [0.5, 0.6) is 0 Å². The Labute approximate surface area is 129 Å². The van der Waals surface area contributed by atoms with Crippen molar-refractivity contribution in [3.63, 3.8) is 0 Å². The maximum Gasteiger partial charge on any atom is 0.254 e. The number of aromatic nitrogens is 2. The zero-order chi connectivity index (χ0) is 13.4. The predicted molar refractivity (Wildman–Crippen MR) is 77.8 cm³/mol. The number of halogens is 1. The lowest BCUT2D eigenvalue weighted by Crippen LogP contribution is -3.00. The summed E-state index contributed by atoms with van der Waals surface area (Å²) < 4.78 is 2.43. The van der Waals surface area contributed by atoms with Crippen LogP contribution in [0, 0.1) is 0 Å². The molecule has 112 valence electrons. The summed E-state index contributed by atoms with van der Waals surface area (Å²) in [5, 5.41) is 0. The molecule has 0 spiro atoms. The minimum absolute atomic E-state index is 0. The minimum Gasteiger partial charge on any atom is -1.00 e. The molecule has 0 aromatic carbocycles. The van der Waals surface area contributed by atoms with E-state index < -0.39 is 0 Å². The average Bonchev–Trinajstić information content (AvgIpc) is 2.68. The van der Waals surface area contributed by atoms with Gasteiger partial charge >= 0.3 is 0 Å². The van der Waals surface area contributed by atoms with Crippen molar-refractivity contribution in [1.82, 2.24) is 4.98 Å². The fourth-order valence-corrected chi connectivity index (χ4v) is 2.49. The molecule has 1 N–H and O–H groups in total. The zero-order valence-electron chi connectivity index (χ0n) is 13.2. The van der Waals surface area contributed by atoms with E-state index in [0.29, 0.717) is 0 Å². The van der Waals surface area contributed by atoms with Gasteiger partial charge in [-0.15, -0.1) is 0 Å². The molecule has 0 saturated heterocycles. The summed E-state index contributed by atoms with van der Waals surface area (Å²) in [6.07, 6.45) is 11.4. The van der Waals surface area contributed by atoms with Gasteiger partial charge in [0.2, 0.25) is 0 Å². The van der Waals surface area contributed by atoms with Gasteiger partial charge in [0.1, 0.15) is 11.4 Å². The number of nitrogens with one attached hydrogen (secondary N) is 1. The summed E-state index contributed by atoms with van der Waals surface area (Å²) >= 11 is 0. The van der Waals surface area contributed by atoms with E-state index in [1.807, 2.05) is 0 Å². The Hall–Kier alpha value is -0.310. The molecule has 0 unspecified atom stereocenters. The molecule has 0 aliphatic carbocycles. The highest BCUT2D eigenvalue weighted by atomic mass is 79.9.